The predicted molar refractivity (Wildman–Crippen MR) is 134 cm³/mol. The summed E-state index contributed by atoms with van der Waals surface area (Å²) in [4.78, 5) is 9.28. The Bertz CT molecular complexity index is 1020. The Labute approximate surface area is 203 Å². The van der Waals surface area contributed by atoms with Gasteiger partial charge in [0.15, 0.2) is 0 Å². The number of hydrogen-bond acceptors (Lipinski definition) is 5. The molecule has 0 atom stereocenters. The lowest BCUT2D eigenvalue weighted by atomic mass is 10.0. The van der Waals surface area contributed by atoms with Crippen molar-refractivity contribution in [1.29, 1.82) is 0 Å². The molecule has 0 aromatic heterocycles. The van der Waals surface area contributed by atoms with Crippen molar-refractivity contribution in [2.45, 2.75) is 52.4 Å². The van der Waals surface area contributed by atoms with E-state index in [0.29, 0.717) is 24.8 Å². The Morgan fingerprint density at radius 1 is 1.12 bits per heavy atom. The molecule has 1 heterocycles. The van der Waals surface area contributed by atoms with Gasteiger partial charge in [-0.05, 0) is 74.4 Å². The van der Waals surface area contributed by atoms with Gasteiger partial charge in [0.05, 0.1) is 17.2 Å². The van der Waals surface area contributed by atoms with Crippen LogP contribution in [0.3, 0.4) is 0 Å². The molecule has 1 aliphatic rings. The molecule has 0 bridgehead atoms. The lowest BCUT2D eigenvalue weighted by Crippen LogP contribution is -2.34. The number of sulfonamides is 1. The van der Waals surface area contributed by atoms with E-state index >= 15 is 0 Å². The molecule has 1 aliphatic heterocycles. The average molecular weight is 492 g/mol. The predicted octanol–water partition coefficient (Wildman–Crippen LogP) is 5.05. The zero-order valence-corrected chi connectivity index (χ0v) is 21.6. The zero-order chi connectivity index (χ0) is 25.3. The third-order valence-corrected chi connectivity index (χ3v) is 7.18. The lowest BCUT2D eigenvalue weighted by Gasteiger charge is -2.28. The summed E-state index contributed by atoms with van der Waals surface area (Å²) in [7, 11) is -3.68. The van der Waals surface area contributed by atoms with Gasteiger partial charge in [0.1, 0.15) is 5.75 Å². The van der Waals surface area contributed by atoms with Gasteiger partial charge in [-0.25, -0.2) is 8.42 Å². The van der Waals surface area contributed by atoms with Crippen LogP contribution in [0.15, 0.2) is 47.4 Å². The second-order valence-electron chi connectivity index (χ2n) is 9.08. The fourth-order valence-corrected chi connectivity index (χ4v) is 5.40. The van der Waals surface area contributed by atoms with Crippen molar-refractivity contribution in [3.8, 4) is 5.75 Å². The van der Waals surface area contributed by atoms with Crippen LogP contribution >= 0.6 is 0 Å². The van der Waals surface area contributed by atoms with Crippen LogP contribution in [0.5, 0.6) is 5.75 Å². The molecule has 1 N–H and O–H groups in total. The highest BCUT2D eigenvalue weighted by molar-refractivity contribution is 7.92. The fourth-order valence-electron chi connectivity index (χ4n) is 3.71. The number of carboxylic acids is 1. The summed E-state index contributed by atoms with van der Waals surface area (Å²) in [5.41, 5.74) is 2.80. The van der Waals surface area contributed by atoms with E-state index in [2.05, 4.69) is 0 Å². The summed E-state index contributed by atoms with van der Waals surface area (Å²) in [6, 6.07) is 12.7. The number of aliphatic carboxylic acids is 1. The van der Waals surface area contributed by atoms with Crippen molar-refractivity contribution in [3.05, 3.63) is 53.6 Å². The van der Waals surface area contributed by atoms with Gasteiger partial charge in [-0.15, -0.1) is 0 Å². The number of hydrogen-bond donors (Lipinski definition) is 1. The van der Waals surface area contributed by atoms with Gasteiger partial charge < -0.3 is 14.6 Å². The van der Waals surface area contributed by atoms with E-state index in [9.17, 15) is 8.42 Å². The van der Waals surface area contributed by atoms with Crippen LogP contribution in [0.4, 0.5) is 5.69 Å². The van der Waals surface area contributed by atoms with Crippen molar-refractivity contribution in [1.82, 2.24) is 0 Å². The normalized spacial score (nSPS) is 14.3. The van der Waals surface area contributed by atoms with E-state index in [0.717, 1.165) is 49.8 Å². The van der Waals surface area contributed by atoms with E-state index in [4.69, 9.17) is 19.4 Å². The maximum absolute atomic E-state index is 13.5. The highest BCUT2D eigenvalue weighted by Gasteiger charge is 2.27. The van der Waals surface area contributed by atoms with Crippen LogP contribution in [0.1, 0.15) is 44.7 Å². The standard InChI is InChI=1S/C24H33NO4S.C2H4O2/c1-18(2)16-25(24-10-5-19(3)15-20(24)4)30(26,27)23-8-6-22(7-9-23)29-17-21-11-13-28-14-12-21;1-2(3)4/h5-10,15,18,21H,11-14,16-17H2,1-4H3;1H3,(H,3,4). The van der Waals surface area contributed by atoms with Gasteiger partial charge in [-0.3, -0.25) is 9.10 Å². The van der Waals surface area contributed by atoms with Crippen LogP contribution < -0.4 is 9.04 Å². The molecule has 0 unspecified atom stereocenters. The monoisotopic (exact) mass is 491 g/mol. The number of benzene rings is 2. The summed E-state index contributed by atoms with van der Waals surface area (Å²) >= 11 is 0. The highest BCUT2D eigenvalue weighted by Crippen LogP contribution is 2.29. The van der Waals surface area contributed by atoms with Gasteiger partial charge in [0, 0.05) is 26.7 Å². The molecular weight excluding hydrogens is 454 g/mol. The van der Waals surface area contributed by atoms with Crippen LogP contribution in [0.2, 0.25) is 0 Å². The number of nitrogens with zero attached hydrogens (tertiary/aromatic N) is 1. The second-order valence-corrected chi connectivity index (χ2v) is 10.9. The number of aryl methyl sites for hydroxylation is 2. The number of carbonyl (C=O) groups is 1. The molecule has 3 rings (SSSR count). The molecule has 0 saturated carbocycles. The smallest absolute Gasteiger partial charge is 0.300 e. The fraction of sp³-hybridized carbons (Fsp3) is 0.500. The third-order valence-electron chi connectivity index (χ3n) is 5.39. The summed E-state index contributed by atoms with van der Waals surface area (Å²) in [6.07, 6.45) is 2.01. The Hall–Kier alpha value is -2.58. The van der Waals surface area contributed by atoms with E-state index in [1.54, 1.807) is 24.3 Å². The first kappa shape index (κ1) is 27.7. The van der Waals surface area contributed by atoms with Crippen molar-refractivity contribution in [2.24, 2.45) is 11.8 Å². The molecule has 2 aromatic carbocycles. The Balaban J connectivity index is 0.000000945. The Kier molecular flexibility index (Phi) is 10.4. The maximum atomic E-state index is 13.5. The summed E-state index contributed by atoms with van der Waals surface area (Å²) < 4.78 is 39.8. The zero-order valence-electron chi connectivity index (χ0n) is 20.8. The van der Waals surface area contributed by atoms with Crippen LogP contribution in [0.25, 0.3) is 0 Å². The van der Waals surface area contributed by atoms with Crippen molar-refractivity contribution < 1.29 is 27.8 Å². The number of carboxylic acid groups (broad SMARTS) is 1. The average Bonchev–Trinajstić information content (AvgIpc) is 2.77. The third kappa shape index (κ3) is 8.33. The maximum Gasteiger partial charge on any atom is 0.300 e. The minimum absolute atomic E-state index is 0.197. The molecule has 7 nitrogen and oxygen atoms in total. The topological polar surface area (TPSA) is 93.1 Å². The first-order valence-electron chi connectivity index (χ1n) is 11.6. The highest BCUT2D eigenvalue weighted by atomic mass is 32.2. The van der Waals surface area contributed by atoms with Crippen LogP contribution in [-0.2, 0) is 19.6 Å². The minimum Gasteiger partial charge on any atom is -0.493 e. The van der Waals surface area contributed by atoms with Gasteiger partial charge >= 0.3 is 0 Å². The van der Waals surface area contributed by atoms with E-state index < -0.39 is 16.0 Å². The number of ether oxygens (including phenoxy) is 2. The quantitative estimate of drug-likeness (QED) is 0.555. The molecule has 1 saturated heterocycles. The summed E-state index contributed by atoms with van der Waals surface area (Å²) in [5.74, 6) is 0.554. The first-order valence-corrected chi connectivity index (χ1v) is 13.0. The summed E-state index contributed by atoms with van der Waals surface area (Å²) in [5, 5.41) is 7.42. The summed E-state index contributed by atoms with van der Waals surface area (Å²) in [6.45, 7) is 11.7. The molecule has 0 aliphatic carbocycles. The largest absolute Gasteiger partial charge is 0.493 e. The Morgan fingerprint density at radius 2 is 1.71 bits per heavy atom. The van der Waals surface area contributed by atoms with Gasteiger partial charge in [-0.1, -0.05) is 31.5 Å². The van der Waals surface area contributed by atoms with Crippen molar-refractivity contribution in [2.75, 3.05) is 30.7 Å². The minimum atomic E-state index is -3.68. The molecule has 34 heavy (non-hydrogen) atoms. The molecular formula is C26H37NO6S. The van der Waals surface area contributed by atoms with E-state index in [1.165, 1.54) is 4.31 Å². The van der Waals surface area contributed by atoms with Crippen LogP contribution in [-0.4, -0.2) is 45.9 Å². The molecule has 2 aromatic rings. The first-order chi connectivity index (χ1) is 16.0. The van der Waals surface area contributed by atoms with Gasteiger partial charge in [0.25, 0.3) is 16.0 Å². The molecule has 1 fully saturated rings. The number of rotatable bonds is 8. The van der Waals surface area contributed by atoms with Crippen LogP contribution in [0, 0.1) is 25.7 Å². The lowest BCUT2D eigenvalue weighted by molar-refractivity contribution is -0.134. The van der Waals surface area contributed by atoms with E-state index in [1.807, 2.05) is 45.9 Å². The Morgan fingerprint density at radius 3 is 2.24 bits per heavy atom. The second kappa shape index (κ2) is 12.8. The molecule has 0 radical (unpaired) electrons. The van der Waals surface area contributed by atoms with Crippen molar-refractivity contribution >= 4 is 21.7 Å². The van der Waals surface area contributed by atoms with Crippen molar-refractivity contribution in [3.63, 3.8) is 0 Å². The van der Waals surface area contributed by atoms with Gasteiger partial charge in [0.2, 0.25) is 0 Å². The van der Waals surface area contributed by atoms with E-state index in [-0.39, 0.29) is 10.8 Å². The number of anilines is 1. The molecule has 188 valence electrons. The van der Waals surface area contributed by atoms with Gasteiger partial charge in [-0.2, -0.15) is 0 Å². The molecule has 8 heteroatoms. The SMILES string of the molecule is CC(=O)O.Cc1ccc(N(CC(C)C)S(=O)(=O)c2ccc(OCC3CCOCC3)cc2)c(C)c1. The molecule has 0 spiro atoms. The molecule has 0 amide bonds.